The van der Waals surface area contributed by atoms with Crippen molar-refractivity contribution in [2.45, 2.75) is 51.6 Å². The predicted molar refractivity (Wildman–Crippen MR) is 108 cm³/mol. The van der Waals surface area contributed by atoms with E-state index in [1.54, 1.807) is 18.9 Å². The number of carbonyl (C=O) groups excluding carboxylic acids is 2. The van der Waals surface area contributed by atoms with E-state index in [0.717, 1.165) is 23.7 Å². The third-order valence-electron chi connectivity index (χ3n) is 7.47. The minimum atomic E-state index is -0.660. The minimum absolute atomic E-state index is 0.0697. The summed E-state index contributed by atoms with van der Waals surface area (Å²) in [6.07, 6.45) is 4.80. The Balaban J connectivity index is 1.63. The fourth-order valence-corrected chi connectivity index (χ4v) is 5.59. The highest BCUT2D eigenvalue weighted by molar-refractivity contribution is 5.85. The molecule has 1 aromatic carbocycles. The van der Waals surface area contributed by atoms with Crippen molar-refractivity contribution >= 4 is 11.9 Å². The molecule has 3 aliphatic rings. The second kappa shape index (κ2) is 7.54. The highest BCUT2D eigenvalue weighted by Gasteiger charge is 2.49. The average molecular weight is 402 g/mol. The van der Waals surface area contributed by atoms with Crippen molar-refractivity contribution < 1.29 is 23.8 Å². The third-order valence-corrected chi connectivity index (χ3v) is 7.47. The number of carbonyl (C=O) groups is 2. The van der Waals surface area contributed by atoms with E-state index < -0.39 is 11.5 Å². The molecule has 0 N–H and O–H groups in total. The number of likely N-dealkylation sites (tertiary alicyclic amines) is 1. The molecule has 4 rings (SSSR count). The number of methoxy groups -OCH3 is 2. The largest absolute Gasteiger partial charge is 0.493 e. The van der Waals surface area contributed by atoms with Crippen LogP contribution in [-0.2, 0) is 9.53 Å². The normalized spacial score (nSPS) is 33.0. The Labute approximate surface area is 172 Å². The van der Waals surface area contributed by atoms with Gasteiger partial charge in [-0.25, -0.2) is 4.79 Å². The van der Waals surface area contributed by atoms with E-state index in [-0.39, 0.29) is 17.8 Å². The van der Waals surface area contributed by atoms with Gasteiger partial charge in [-0.05, 0) is 62.1 Å². The average Bonchev–Trinajstić information content (AvgIpc) is 3.42. The van der Waals surface area contributed by atoms with Crippen LogP contribution >= 0.6 is 0 Å². The molecule has 6 nitrogen and oxygen atoms in total. The van der Waals surface area contributed by atoms with E-state index >= 15 is 0 Å². The fourth-order valence-electron chi connectivity index (χ4n) is 5.59. The van der Waals surface area contributed by atoms with Crippen molar-refractivity contribution in [3.05, 3.63) is 23.8 Å². The molecule has 1 saturated heterocycles. The molecule has 2 saturated carbocycles. The Morgan fingerprint density at radius 3 is 2.52 bits per heavy atom. The molecule has 3 fully saturated rings. The van der Waals surface area contributed by atoms with E-state index in [0.29, 0.717) is 24.8 Å². The first kappa shape index (κ1) is 20.0. The van der Waals surface area contributed by atoms with Gasteiger partial charge in [0.2, 0.25) is 0 Å². The van der Waals surface area contributed by atoms with Crippen molar-refractivity contribution in [3.8, 4) is 11.5 Å². The highest BCUT2D eigenvalue weighted by Crippen LogP contribution is 2.48. The molecule has 2 aliphatic carbocycles. The smallest absolute Gasteiger partial charge is 0.409 e. The lowest BCUT2D eigenvalue weighted by Gasteiger charge is -2.29. The summed E-state index contributed by atoms with van der Waals surface area (Å²) in [6, 6.07) is 5.91. The first-order valence-electron chi connectivity index (χ1n) is 10.5. The van der Waals surface area contributed by atoms with Gasteiger partial charge in [-0.1, -0.05) is 13.0 Å². The van der Waals surface area contributed by atoms with E-state index in [1.807, 2.05) is 25.1 Å². The molecule has 0 spiro atoms. The Morgan fingerprint density at radius 1 is 1.14 bits per heavy atom. The number of benzene rings is 1. The molecule has 29 heavy (non-hydrogen) atoms. The van der Waals surface area contributed by atoms with Gasteiger partial charge in [0.15, 0.2) is 11.5 Å². The summed E-state index contributed by atoms with van der Waals surface area (Å²) in [6.45, 7) is 4.34. The third kappa shape index (κ3) is 3.47. The van der Waals surface area contributed by atoms with Crippen molar-refractivity contribution in [1.29, 1.82) is 0 Å². The lowest BCUT2D eigenvalue weighted by molar-refractivity contribution is -0.125. The van der Waals surface area contributed by atoms with E-state index in [2.05, 4.69) is 0 Å². The number of hydrogen-bond acceptors (Lipinski definition) is 5. The molecule has 5 atom stereocenters. The van der Waals surface area contributed by atoms with Crippen molar-refractivity contribution in [2.75, 3.05) is 27.3 Å². The van der Waals surface area contributed by atoms with E-state index in [4.69, 9.17) is 14.2 Å². The quantitative estimate of drug-likeness (QED) is 0.745. The maximum absolute atomic E-state index is 12.5. The Hall–Kier alpha value is -2.24. The van der Waals surface area contributed by atoms with Crippen molar-refractivity contribution in [1.82, 2.24) is 4.90 Å². The molecule has 0 radical (unpaired) electrons. The van der Waals surface area contributed by atoms with Gasteiger partial charge >= 0.3 is 6.09 Å². The molecular formula is C23H31NO5. The van der Waals surface area contributed by atoms with Crippen LogP contribution in [0.2, 0.25) is 0 Å². The predicted octanol–water partition coefficient (Wildman–Crippen LogP) is 4.02. The van der Waals surface area contributed by atoms with Gasteiger partial charge in [0.05, 0.1) is 19.6 Å². The van der Waals surface area contributed by atoms with Crippen LogP contribution in [0.3, 0.4) is 0 Å². The van der Waals surface area contributed by atoms with Crippen LogP contribution in [0.5, 0.6) is 11.5 Å². The highest BCUT2D eigenvalue weighted by atomic mass is 16.5. The van der Waals surface area contributed by atoms with Crippen LogP contribution in [-0.4, -0.2) is 50.2 Å². The van der Waals surface area contributed by atoms with Crippen LogP contribution < -0.4 is 9.47 Å². The summed E-state index contributed by atoms with van der Waals surface area (Å²) in [5.41, 5.74) is 0.333. The number of fused-ring (bicyclic) bond motifs is 2. The minimum Gasteiger partial charge on any atom is -0.493 e. The Morgan fingerprint density at radius 2 is 1.93 bits per heavy atom. The van der Waals surface area contributed by atoms with Crippen LogP contribution in [0.1, 0.15) is 51.0 Å². The van der Waals surface area contributed by atoms with Crippen LogP contribution in [0.4, 0.5) is 4.79 Å². The van der Waals surface area contributed by atoms with Crippen molar-refractivity contribution in [3.63, 3.8) is 0 Å². The lowest BCUT2D eigenvalue weighted by atomic mass is 9.73. The zero-order valence-electron chi connectivity index (χ0n) is 17.8. The number of ether oxygens (including phenoxy) is 3. The summed E-state index contributed by atoms with van der Waals surface area (Å²) in [5, 5.41) is 0. The van der Waals surface area contributed by atoms with Gasteiger partial charge < -0.3 is 19.1 Å². The molecule has 2 bridgehead atoms. The summed E-state index contributed by atoms with van der Waals surface area (Å²) in [4.78, 5) is 26.3. The molecule has 1 heterocycles. The fraction of sp³-hybridized carbons (Fsp3) is 0.652. The molecule has 158 valence electrons. The van der Waals surface area contributed by atoms with Crippen LogP contribution in [0, 0.1) is 17.3 Å². The Bertz CT molecular complexity index is 808. The van der Waals surface area contributed by atoms with Gasteiger partial charge in [-0.2, -0.15) is 0 Å². The SMILES string of the molecule is COC(=O)N1CC(c2ccc(OC)c(OC3CC4CCC3C4)c2)C(C)(C(C)=O)C1. The van der Waals surface area contributed by atoms with Gasteiger partial charge in [0, 0.05) is 19.0 Å². The molecule has 0 aromatic heterocycles. The van der Waals surface area contributed by atoms with Crippen LogP contribution in [0.25, 0.3) is 0 Å². The summed E-state index contributed by atoms with van der Waals surface area (Å²) in [7, 11) is 3.02. The van der Waals surface area contributed by atoms with Crippen molar-refractivity contribution in [2.24, 2.45) is 17.3 Å². The second-order valence-electron chi connectivity index (χ2n) is 9.12. The maximum Gasteiger partial charge on any atom is 0.409 e. The monoisotopic (exact) mass is 401 g/mol. The lowest BCUT2D eigenvalue weighted by Crippen LogP contribution is -2.35. The van der Waals surface area contributed by atoms with Gasteiger partial charge in [-0.3, -0.25) is 4.79 Å². The number of Topliss-reactive ketones (excluding diaryl/α,β-unsaturated/α-hetero) is 1. The maximum atomic E-state index is 12.5. The number of amides is 1. The number of rotatable bonds is 5. The number of nitrogens with zero attached hydrogens (tertiary/aromatic N) is 1. The van der Waals surface area contributed by atoms with Gasteiger partial charge in [-0.15, -0.1) is 0 Å². The first-order valence-corrected chi connectivity index (χ1v) is 10.5. The molecule has 1 aliphatic heterocycles. The first-order chi connectivity index (χ1) is 13.9. The molecular weight excluding hydrogens is 370 g/mol. The summed E-state index contributed by atoms with van der Waals surface area (Å²) in [5.74, 6) is 2.84. The van der Waals surface area contributed by atoms with Gasteiger partial charge in [0.25, 0.3) is 0 Å². The molecule has 1 amide bonds. The summed E-state index contributed by atoms with van der Waals surface area (Å²) >= 11 is 0. The van der Waals surface area contributed by atoms with Crippen LogP contribution in [0.15, 0.2) is 18.2 Å². The zero-order chi connectivity index (χ0) is 20.8. The van der Waals surface area contributed by atoms with E-state index in [9.17, 15) is 9.59 Å². The molecule has 1 aromatic rings. The summed E-state index contributed by atoms with van der Waals surface area (Å²) < 4.78 is 16.9. The van der Waals surface area contributed by atoms with Gasteiger partial charge in [0.1, 0.15) is 11.9 Å². The standard InChI is InChI=1S/C23H31NO5/c1-14(25)23(2)13-24(22(26)28-4)12-18(23)16-7-8-19(27-3)21(11-16)29-20-10-15-5-6-17(20)9-15/h7-8,11,15,17-18,20H,5-6,9-10,12-13H2,1-4H3. The molecule has 6 heteroatoms. The number of ketones is 1. The number of hydrogen-bond donors (Lipinski definition) is 0. The zero-order valence-corrected chi connectivity index (χ0v) is 17.8. The molecule has 5 unspecified atom stereocenters. The Kier molecular flexibility index (Phi) is 5.21. The topological polar surface area (TPSA) is 65.1 Å². The van der Waals surface area contributed by atoms with E-state index in [1.165, 1.54) is 26.4 Å². The second-order valence-corrected chi connectivity index (χ2v) is 9.12.